The van der Waals surface area contributed by atoms with Crippen LogP contribution < -0.4 is 21.5 Å². The molecule has 1 aromatic heterocycles. The summed E-state index contributed by atoms with van der Waals surface area (Å²) in [4.78, 5) is 30.7. The zero-order valence-corrected chi connectivity index (χ0v) is 18.6. The van der Waals surface area contributed by atoms with Gasteiger partial charge in [0.25, 0.3) is 5.56 Å². The Morgan fingerprint density at radius 3 is 2.82 bits per heavy atom. The molecular formula is C23H24ClN5O4. The SMILES string of the molecule is O=C(NCC1OCCO1)Nc1cccc(-n2c(C3CCCN3)nc3cccc(Cl)c3c2=O)c1. The third kappa shape index (κ3) is 4.58. The molecule has 2 aliphatic rings. The number of carbonyl (C=O) groups is 1. The van der Waals surface area contributed by atoms with Crippen LogP contribution >= 0.6 is 11.6 Å². The first-order valence-electron chi connectivity index (χ1n) is 10.9. The topological polar surface area (TPSA) is 107 Å². The predicted molar refractivity (Wildman–Crippen MR) is 125 cm³/mol. The minimum absolute atomic E-state index is 0.0487. The lowest BCUT2D eigenvalue weighted by molar-refractivity contribution is -0.0369. The normalized spacial score (nSPS) is 18.6. The molecule has 5 rings (SSSR count). The lowest BCUT2D eigenvalue weighted by Gasteiger charge is -2.19. The number of aromatic nitrogens is 2. The summed E-state index contributed by atoms with van der Waals surface area (Å²) in [6, 6.07) is 11.9. The van der Waals surface area contributed by atoms with Gasteiger partial charge in [-0.15, -0.1) is 0 Å². The largest absolute Gasteiger partial charge is 0.348 e. The average Bonchev–Trinajstić information content (AvgIpc) is 3.52. The molecule has 3 N–H and O–H groups in total. The molecule has 0 bridgehead atoms. The molecule has 2 amide bonds. The first kappa shape index (κ1) is 21.8. The predicted octanol–water partition coefficient (Wildman–Crippen LogP) is 2.96. The van der Waals surface area contributed by atoms with Crippen molar-refractivity contribution < 1.29 is 14.3 Å². The second-order valence-electron chi connectivity index (χ2n) is 7.95. The number of fused-ring (bicyclic) bond motifs is 1. The summed E-state index contributed by atoms with van der Waals surface area (Å²) in [5.74, 6) is 0.629. The van der Waals surface area contributed by atoms with E-state index in [1.54, 1.807) is 41.0 Å². The molecule has 1 atom stereocenters. The quantitative estimate of drug-likeness (QED) is 0.530. The number of hydrogen-bond acceptors (Lipinski definition) is 6. The Balaban J connectivity index is 1.48. The number of urea groups is 1. The Hall–Kier alpha value is -2.98. The van der Waals surface area contributed by atoms with Gasteiger partial charge in [-0.05, 0) is 49.7 Å². The number of anilines is 1. The minimum Gasteiger partial charge on any atom is -0.348 e. The summed E-state index contributed by atoms with van der Waals surface area (Å²) in [5.41, 5.74) is 1.46. The van der Waals surface area contributed by atoms with E-state index in [9.17, 15) is 9.59 Å². The van der Waals surface area contributed by atoms with E-state index in [4.69, 9.17) is 26.1 Å². The van der Waals surface area contributed by atoms with Crippen LogP contribution in [0.15, 0.2) is 47.3 Å². The molecule has 1 unspecified atom stereocenters. The van der Waals surface area contributed by atoms with Gasteiger partial charge in [-0.25, -0.2) is 9.78 Å². The number of ether oxygens (including phenoxy) is 2. The summed E-state index contributed by atoms with van der Waals surface area (Å²) in [5, 5.41) is 9.66. The fraction of sp³-hybridized carbons (Fsp3) is 0.348. The summed E-state index contributed by atoms with van der Waals surface area (Å²) in [6.45, 7) is 2.15. The van der Waals surface area contributed by atoms with Crippen molar-refractivity contribution in [2.45, 2.75) is 25.2 Å². The molecule has 0 spiro atoms. The first-order chi connectivity index (χ1) is 16.1. The molecular weight excluding hydrogens is 446 g/mol. The molecule has 3 aromatic rings. The molecule has 2 fully saturated rings. The number of nitrogens with zero attached hydrogens (tertiary/aromatic N) is 2. The van der Waals surface area contributed by atoms with Gasteiger partial charge in [-0.1, -0.05) is 23.7 Å². The van der Waals surface area contributed by atoms with Crippen molar-refractivity contribution in [2.75, 3.05) is 31.6 Å². The maximum atomic E-state index is 13.6. The van der Waals surface area contributed by atoms with Gasteiger partial charge in [0.1, 0.15) is 5.82 Å². The molecule has 172 valence electrons. The Labute approximate surface area is 195 Å². The number of amides is 2. The van der Waals surface area contributed by atoms with Gasteiger partial charge < -0.3 is 25.4 Å². The van der Waals surface area contributed by atoms with Crippen LogP contribution in [0, 0.1) is 0 Å². The van der Waals surface area contributed by atoms with Gasteiger partial charge in [-0.3, -0.25) is 9.36 Å². The van der Waals surface area contributed by atoms with Gasteiger partial charge in [0.2, 0.25) is 0 Å². The third-order valence-electron chi connectivity index (χ3n) is 5.73. The summed E-state index contributed by atoms with van der Waals surface area (Å²) in [6.07, 6.45) is 1.45. The molecule has 3 heterocycles. The minimum atomic E-state index is -0.435. The van der Waals surface area contributed by atoms with Gasteiger partial charge in [0, 0.05) is 5.69 Å². The maximum absolute atomic E-state index is 13.6. The van der Waals surface area contributed by atoms with E-state index in [1.165, 1.54) is 0 Å². The average molecular weight is 470 g/mol. The lowest BCUT2D eigenvalue weighted by atomic mass is 10.1. The van der Waals surface area contributed by atoms with Crippen LogP contribution in [0.3, 0.4) is 0 Å². The van der Waals surface area contributed by atoms with Gasteiger partial charge in [0.15, 0.2) is 6.29 Å². The highest BCUT2D eigenvalue weighted by atomic mass is 35.5. The zero-order chi connectivity index (χ0) is 22.8. The van der Waals surface area contributed by atoms with Crippen molar-refractivity contribution in [3.8, 4) is 5.69 Å². The summed E-state index contributed by atoms with van der Waals surface area (Å²) < 4.78 is 12.2. The first-order valence-corrected chi connectivity index (χ1v) is 11.3. The van der Waals surface area contributed by atoms with Crippen LogP contribution in [0.25, 0.3) is 16.6 Å². The van der Waals surface area contributed by atoms with E-state index in [0.717, 1.165) is 19.4 Å². The number of halogens is 1. The Morgan fingerprint density at radius 2 is 2.03 bits per heavy atom. The molecule has 33 heavy (non-hydrogen) atoms. The molecule has 2 saturated heterocycles. The molecule has 0 aliphatic carbocycles. The molecule has 2 aromatic carbocycles. The number of benzene rings is 2. The van der Waals surface area contributed by atoms with Crippen molar-refractivity contribution in [3.05, 3.63) is 63.7 Å². The van der Waals surface area contributed by atoms with E-state index in [1.807, 2.05) is 6.07 Å². The van der Waals surface area contributed by atoms with E-state index in [-0.39, 0.29) is 18.1 Å². The number of nitrogens with one attached hydrogen (secondary N) is 3. The maximum Gasteiger partial charge on any atom is 0.319 e. The van der Waals surface area contributed by atoms with E-state index < -0.39 is 12.3 Å². The second kappa shape index (κ2) is 9.48. The highest BCUT2D eigenvalue weighted by Gasteiger charge is 2.25. The van der Waals surface area contributed by atoms with Crippen molar-refractivity contribution in [2.24, 2.45) is 0 Å². The summed E-state index contributed by atoms with van der Waals surface area (Å²) in [7, 11) is 0. The number of hydrogen-bond donors (Lipinski definition) is 3. The Morgan fingerprint density at radius 1 is 1.21 bits per heavy atom. The van der Waals surface area contributed by atoms with Crippen LogP contribution in [-0.2, 0) is 9.47 Å². The van der Waals surface area contributed by atoms with Crippen LogP contribution in [-0.4, -0.2) is 48.2 Å². The van der Waals surface area contributed by atoms with E-state index in [0.29, 0.717) is 46.3 Å². The van der Waals surface area contributed by atoms with Crippen LogP contribution in [0.4, 0.5) is 10.5 Å². The highest BCUT2D eigenvalue weighted by Crippen LogP contribution is 2.27. The molecule has 9 nitrogen and oxygen atoms in total. The fourth-order valence-electron chi connectivity index (χ4n) is 4.19. The number of carbonyl (C=O) groups excluding carboxylic acids is 1. The van der Waals surface area contributed by atoms with Crippen molar-refractivity contribution in [3.63, 3.8) is 0 Å². The second-order valence-corrected chi connectivity index (χ2v) is 8.36. The fourth-order valence-corrected chi connectivity index (χ4v) is 4.44. The molecule has 0 saturated carbocycles. The zero-order valence-electron chi connectivity index (χ0n) is 17.8. The third-order valence-corrected chi connectivity index (χ3v) is 6.04. The van der Waals surface area contributed by atoms with Gasteiger partial charge >= 0.3 is 6.03 Å². The lowest BCUT2D eigenvalue weighted by Crippen LogP contribution is -2.35. The van der Waals surface area contributed by atoms with Crippen molar-refractivity contribution >= 4 is 34.2 Å². The Kier molecular flexibility index (Phi) is 6.28. The molecule has 10 heteroatoms. The van der Waals surface area contributed by atoms with Crippen LogP contribution in [0.1, 0.15) is 24.7 Å². The molecule has 0 radical (unpaired) electrons. The highest BCUT2D eigenvalue weighted by molar-refractivity contribution is 6.35. The molecule has 2 aliphatic heterocycles. The summed E-state index contributed by atoms with van der Waals surface area (Å²) >= 11 is 6.37. The number of rotatable bonds is 5. The smallest absolute Gasteiger partial charge is 0.319 e. The standard InChI is InChI=1S/C23H24ClN5O4/c24-16-6-2-7-17-20(16)22(30)29(21(28-17)18-8-3-9-25-18)15-5-1-4-14(12-15)27-23(31)26-13-19-32-10-11-33-19/h1-2,4-7,12,18-19,25H,3,8-11,13H2,(H2,26,27,31). The van der Waals surface area contributed by atoms with E-state index in [2.05, 4.69) is 16.0 Å². The van der Waals surface area contributed by atoms with Crippen molar-refractivity contribution in [1.82, 2.24) is 20.2 Å². The van der Waals surface area contributed by atoms with Crippen LogP contribution in [0.2, 0.25) is 5.02 Å². The van der Waals surface area contributed by atoms with E-state index >= 15 is 0 Å². The van der Waals surface area contributed by atoms with Gasteiger partial charge in [0.05, 0.1) is 47.4 Å². The van der Waals surface area contributed by atoms with Crippen molar-refractivity contribution in [1.29, 1.82) is 0 Å². The monoisotopic (exact) mass is 469 g/mol. The Bertz CT molecular complexity index is 1240. The van der Waals surface area contributed by atoms with Gasteiger partial charge in [-0.2, -0.15) is 0 Å². The van der Waals surface area contributed by atoms with Crippen LogP contribution in [0.5, 0.6) is 0 Å².